The van der Waals surface area contributed by atoms with E-state index in [4.69, 9.17) is 18.9 Å². The fourth-order valence-electron chi connectivity index (χ4n) is 2.41. The van der Waals surface area contributed by atoms with Crippen molar-refractivity contribution in [2.75, 3.05) is 21.3 Å². The number of rotatable bonds is 5. The maximum Gasteiger partial charge on any atom is 0.363 e. The van der Waals surface area contributed by atoms with Gasteiger partial charge in [-0.3, -0.25) is 4.68 Å². The van der Waals surface area contributed by atoms with Crippen molar-refractivity contribution < 1.29 is 23.7 Å². The lowest BCUT2D eigenvalue weighted by Crippen LogP contribution is -2.06. The van der Waals surface area contributed by atoms with Gasteiger partial charge in [-0.05, 0) is 18.2 Å². The fourth-order valence-corrected chi connectivity index (χ4v) is 2.41. The normalized spacial score (nSPS) is 15.1. The number of methoxy groups -OCH3 is 3. The van der Waals surface area contributed by atoms with E-state index in [0.29, 0.717) is 22.8 Å². The smallest absolute Gasteiger partial charge is 0.363 e. The summed E-state index contributed by atoms with van der Waals surface area (Å²) in [4.78, 5) is 16.3. The van der Waals surface area contributed by atoms with Gasteiger partial charge in [-0.15, -0.1) is 0 Å². The van der Waals surface area contributed by atoms with Gasteiger partial charge in [-0.25, -0.2) is 9.79 Å². The predicted octanol–water partition coefficient (Wildman–Crippen LogP) is 1.79. The van der Waals surface area contributed by atoms with Crippen molar-refractivity contribution in [1.82, 2.24) is 9.78 Å². The Morgan fingerprint density at radius 2 is 1.80 bits per heavy atom. The van der Waals surface area contributed by atoms with Gasteiger partial charge in [0.2, 0.25) is 11.6 Å². The molecule has 1 aliphatic heterocycles. The first-order chi connectivity index (χ1) is 12.0. The lowest BCUT2D eigenvalue weighted by atomic mass is 10.1. The number of ether oxygens (including phenoxy) is 4. The molecule has 0 amide bonds. The van der Waals surface area contributed by atoms with Crippen LogP contribution < -0.4 is 14.2 Å². The number of aromatic nitrogens is 2. The molecule has 0 unspecified atom stereocenters. The summed E-state index contributed by atoms with van der Waals surface area (Å²) in [6.45, 7) is 0. The standard InChI is InChI=1S/C17H17N3O5/c1-20-9-10(8-18-20)5-12-17(21)25-16(19-12)11-6-13(22-2)15(24-4)14(7-11)23-3/h5-9H,1-4H3. The van der Waals surface area contributed by atoms with Crippen LogP contribution in [0.5, 0.6) is 17.2 Å². The monoisotopic (exact) mass is 343 g/mol. The summed E-state index contributed by atoms with van der Waals surface area (Å²) in [5.41, 5.74) is 1.48. The van der Waals surface area contributed by atoms with Gasteiger partial charge >= 0.3 is 5.97 Å². The number of esters is 1. The Balaban J connectivity index is 2.00. The van der Waals surface area contributed by atoms with Gasteiger partial charge in [0.25, 0.3) is 0 Å². The van der Waals surface area contributed by atoms with Crippen LogP contribution in [0.15, 0.2) is 35.2 Å². The molecule has 1 aromatic heterocycles. The molecule has 8 heteroatoms. The molecule has 0 spiro atoms. The zero-order chi connectivity index (χ0) is 18.0. The number of cyclic esters (lactones) is 1. The van der Waals surface area contributed by atoms with E-state index in [1.165, 1.54) is 21.3 Å². The van der Waals surface area contributed by atoms with E-state index in [1.807, 2.05) is 0 Å². The van der Waals surface area contributed by atoms with Crippen molar-refractivity contribution >= 4 is 17.9 Å². The first-order valence-electron chi connectivity index (χ1n) is 7.37. The minimum atomic E-state index is -0.535. The maximum atomic E-state index is 12.1. The summed E-state index contributed by atoms with van der Waals surface area (Å²) in [6, 6.07) is 3.33. The van der Waals surface area contributed by atoms with Gasteiger partial charge < -0.3 is 18.9 Å². The molecule has 0 aliphatic carbocycles. The Kier molecular flexibility index (Phi) is 4.42. The van der Waals surface area contributed by atoms with Crippen LogP contribution in [0.2, 0.25) is 0 Å². The largest absolute Gasteiger partial charge is 0.493 e. The zero-order valence-corrected chi connectivity index (χ0v) is 14.3. The summed E-state index contributed by atoms with van der Waals surface area (Å²) in [7, 11) is 6.33. The van der Waals surface area contributed by atoms with Crippen LogP contribution in [0.1, 0.15) is 11.1 Å². The highest BCUT2D eigenvalue weighted by Crippen LogP contribution is 2.39. The van der Waals surface area contributed by atoms with Crippen LogP contribution in [0.3, 0.4) is 0 Å². The van der Waals surface area contributed by atoms with E-state index in [1.54, 1.807) is 42.3 Å². The molecular formula is C17H17N3O5. The van der Waals surface area contributed by atoms with Gasteiger partial charge in [-0.2, -0.15) is 5.10 Å². The zero-order valence-electron chi connectivity index (χ0n) is 14.3. The number of nitrogens with zero attached hydrogens (tertiary/aromatic N) is 3. The number of hydrogen-bond donors (Lipinski definition) is 0. The molecule has 0 saturated heterocycles. The molecule has 0 radical (unpaired) electrons. The molecular weight excluding hydrogens is 326 g/mol. The number of hydrogen-bond acceptors (Lipinski definition) is 7. The Bertz CT molecular complexity index is 857. The quantitative estimate of drug-likeness (QED) is 0.608. The molecule has 1 aliphatic rings. The third-order valence-electron chi connectivity index (χ3n) is 3.56. The van der Waals surface area contributed by atoms with Crippen molar-refractivity contribution in [3.05, 3.63) is 41.4 Å². The Morgan fingerprint density at radius 1 is 1.12 bits per heavy atom. The molecule has 130 valence electrons. The molecule has 25 heavy (non-hydrogen) atoms. The van der Waals surface area contributed by atoms with Gasteiger partial charge in [0.15, 0.2) is 17.2 Å². The fraction of sp³-hybridized carbons (Fsp3) is 0.235. The van der Waals surface area contributed by atoms with Crippen LogP contribution in [-0.4, -0.2) is 43.0 Å². The van der Waals surface area contributed by atoms with Crippen LogP contribution in [0.25, 0.3) is 6.08 Å². The van der Waals surface area contributed by atoms with E-state index in [0.717, 1.165) is 5.56 Å². The minimum absolute atomic E-state index is 0.166. The van der Waals surface area contributed by atoms with E-state index in [2.05, 4.69) is 10.1 Å². The molecule has 8 nitrogen and oxygen atoms in total. The van der Waals surface area contributed by atoms with E-state index in [9.17, 15) is 4.79 Å². The van der Waals surface area contributed by atoms with Crippen molar-refractivity contribution in [2.45, 2.75) is 0 Å². The summed E-state index contributed by atoms with van der Waals surface area (Å²) in [6.07, 6.45) is 5.01. The first kappa shape index (κ1) is 16.6. The predicted molar refractivity (Wildman–Crippen MR) is 89.9 cm³/mol. The highest BCUT2D eigenvalue weighted by molar-refractivity contribution is 6.13. The number of aryl methyl sites for hydroxylation is 1. The summed E-state index contributed by atoms with van der Waals surface area (Å²) >= 11 is 0. The second kappa shape index (κ2) is 6.68. The first-order valence-corrected chi connectivity index (χ1v) is 7.37. The highest BCUT2D eigenvalue weighted by atomic mass is 16.6. The molecule has 0 atom stereocenters. The lowest BCUT2D eigenvalue weighted by molar-refractivity contribution is -0.129. The van der Waals surface area contributed by atoms with Crippen LogP contribution in [0, 0.1) is 0 Å². The van der Waals surface area contributed by atoms with Gasteiger partial charge in [0.05, 0.1) is 27.5 Å². The maximum absolute atomic E-state index is 12.1. The molecule has 1 aromatic carbocycles. The van der Waals surface area contributed by atoms with Crippen LogP contribution >= 0.6 is 0 Å². The third-order valence-corrected chi connectivity index (χ3v) is 3.56. The molecule has 0 N–H and O–H groups in total. The second-order valence-electron chi connectivity index (χ2n) is 5.20. The van der Waals surface area contributed by atoms with Crippen molar-refractivity contribution in [3.8, 4) is 17.2 Å². The van der Waals surface area contributed by atoms with Crippen molar-refractivity contribution in [2.24, 2.45) is 12.0 Å². The molecule has 0 bridgehead atoms. The van der Waals surface area contributed by atoms with Gasteiger partial charge in [0, 0.05) is 24.4 Å². The average Bonchev–Trinajstić information content (AvgIpc) is 3.19. The number of benzene rings is 1. The molecule has 2 aromatic rings. The second-order valence-corrected chi connectivity index (χ2v) is 5.20. The molecule has 2 heterocycles. The lowest BCUT2D eigenvalue weighted by Gasteiger charge is -2.13. The highest BCUT2D eigenvalue weighted by Gasteiger charge is 2.26. The van der Waals surface area contributed by atoms with E-state index in [-0.39, 0.29) is 11.6 Å². The number of aliphatic imine (C=N–C) groups is 1. The van der Waals surface area contributed by atoms with Crippen LogP contribution in [0.4, 0.5) is 0 Å². The number of carbonyl (C=O) groups excluding carboxylic acids is 1. The summed E-state index contributed by atoms with van der Waals surface area (Å²) in [5.74, 6) is 0.970. The number of carbonyl (C=O) groups is 1. The Morgan fingerprint density at radius 3 is 2.32 bits per heavy atom. The topological polar surface area (TPSA) is 84.2 Å². The average molecular weight is 343 g/mol. The van der Waals surface area contributed by atoms with Crippen LogP contribution in [-0.2, 0) is 16.6 Å². The molecule has 0 saturated carbocycles. The van der Waals surface area contributed by atoms with E-state index >= 15 is 0 Å². The van der Waals surface area contributed by atoms with E-state index < -0.39 is 5.97 Å². The third kappa shape index (κ3) is 3.18. The summed E-state index contributed by atoms with van der Waals surface area (Å²) in [5, 5.41) is 4.05. The van der Waals surface area contributed by atoms with Crippen molar-refractivity contribution in [1.29, 1.82) is 0 Å². The molecule has 0 fully saturated rings. The molecule has 3 rings (SSSR count). The SMILES string of the molecule is COc1cc(C2=NC(=Cc3cnn(C)c3)C(=O)O2)cc(OC)c1OC. The Hall–Kier alpha value is -3.29. The van der Waals surface area contributed by atoms with Gasteiger partial charge in [-0.1, -0.05) is 0 Å². The Labute approximate surface area is 144 Å². The van der Waals surface area contributed by atoms with Gasteiger partial charge in [0.1, 0.15) is 0 Å². The van der Waals surface area contributed by atoms with Crippen molar-refractivity contribution in [3.63, 3.8) is 0 Å². The minimum Gasteiger partial charge on any atom is -0.493 e. The summed E-state index contributed by atoms with van der Waals surface area (Å²) < 4.78 is 22.8.